The van der Waals surface area contributed by atoms with E-state index in [1.54, 1.807) is 12.1 Å². The van der Waals surface area contributed by atoms with E-state index in [9.17, 15) is 13.2 Å². The normalized spacial score (nSPS) is 18.8. The Balaban J connectivity index is 1.34. The summed E-state index contributed by atoms with van der Waals surface area (Å²) in [5.41, 5.74) is 5.20. The number of hydrogen-bond donors (Lipinski definition) is 1. The molecule has 2 heterocycles. The Morgan fingerprint density at radius 3 is 2.15 bits per heavy atom. The fourth-order valence-corrected chi connectivity index (χ4v) is 6.32. The van der Waals surface area contributed by atoms with E-state index < -0.39 is 10.0 Å². The molecule has 2 aromatic carbocycles. The van der Waals surface area contributed by atoms with Crippen LogP contribution in [0.5, 0.6) is 0 Å². The maximum absolute atomic E-state index is 13.1. The van der Waals surface area contributed by atoms with E-state index in [2.05, 4.69) is 35.2 Å². The summed E-state index contributed by atoms with van der Waals surface area (Å²) in [6.45, 7) is 10.8. The van der Waals surface area contributed by atoms with E-state index in [0.29, 0.717) is 30.8 Å². The van der Waals surface area contributed by atoms with Gasteiger partial charge < -0.3 is 15.1 Å². The minimum atomic E-state index is -3.54. The molecule has 0 aliphatic carbocycles. The van der Waals surface area contributed by atoms with E-state index in [1.165, 1.54) is 9.99 Å². The smallest absolute Gasteiger partial charge is 0.243 e. The van der Waals surface area contributed by atoms with Gasteiger partial charge >= 0.3 is 0 Å². The van der Waals surface area contributed by atoms with E-state index in [0.717, 1.165) is 48.6 Å². The molecule has 0 radical (unpaired) electrons. The van der Waals surface area contributed by atoms with Crippen molar-refractivity contribution in [1.82, 2.24) is 9.21 Å². The van der Waals surface area contributed by atoms with Crippen LogP contribution in [-0.2, 0) is 14.8 Å². The molecule has 4 rings (SSSR count). The number of piperidine rings is 1. The van der Waals surface area contributed by atoms with E-state index in [1.807, 2.05) is 32.0 Å². The topological polar surface area (TPSA) is 73.0 Å². The number of carbonyl (C=O) groups is 1. The Bertz CT molecular complexity index is 1150. The maximum atomic E-state index is 13.1. The largest absolute Gasteiger partial charge is 0.369 e. The summed E-state index contributed by atoms with van der Waals surface area (Å²) in [6.07, 6.45) is 1.04. The van der Waals surface area contributed by atoms with E-state index in [-0.39, 0.29) is 11.8 Å². The van der Waals surface area contributed by atoms with Crippen molar-refractivity contribution in [2.75, 3.05) is 56.5 Å². The van der Waals surface area contributed by atoms with Gasteiger partial charge in [-0.1, -0.05) is 6.07 Å². The predicted molar refractivity (Wildman–Crippen MR) is 137 cm³/mol. The second-order valence-corrected chi connectivity index (χ2v) is 11.6. The molecule has 2 aromatic rings. The first kappa shape index (κ1) is 24.7. The van der Waals surface area contributed by atoms with Crippen molar-refractivity contribution in [2.45, 2.75) is 38.5 Å². The number of nitrogens with one attached hydrogen (secondary N) is 1. The highest BCUT2D eigenvalue weighted by Gasteiger charge is 2.32. The van der Waals surface area contributed by atoms with Crippen LogP contribution in [0, 0.1) is 26.7 Å². The zero-order chi connectivity index (χ0) is 24.5. The number of aryl methyl sites for hydroxylation is 3. The SMILES string of the molecule is Cc1ccc(S(=O)(=O)N2CCC(C(=O)Nc3ccc(N4CCN(C)CC4)c(C)c3)CC2)cc1C. The van der Waals surface area contributed by atoms with Gasteiger partial charge in [0.25, 0.3) is 0 Å². The summed E-state index contributed by atoms with van der Waals surface area (Å²) >= 11 is 0. The predicted octanol–water partition coefficient (Wildman–Crippen LogP) is 3.40. The highest BCUT2D eigenvalue weighted by molar-refractivity contribution is 7.89. The number of nitrogens with zero attached hydrogens (tertiary/aromatic N) is 3. The van der Waals surface area contributed by atoms with Gasteiger partial charge in [0.2, 0.25) is 15.9 Å². The lowest BCUT2D eigenvalue weighted by Gasteiger charge is -2.35. The monoisotopic (exact) mass is 484 g/mol. The van der Waals surface area contributed by atoms with Crippen molar-refractivity contribution >= 4 is 27.3 Å². The molecule has 2 fully saturated rings. The van der Waals surface area contributed by atoms with Crippen LogP contribution in [-0.4, -0.2) is 69.8 Å². The quantitative estimate of drug-likeness (QED) is 0.704. The third-order valence-corrected chi connectivity index (χ3v) is 9.14. The Morgan fingerprint density at radius 1 is 0.853 bits per heavy atom. The lowest BCUT2D eigenvalue weighted by Crippen LogP contribution is -2.44. The van der Waals surface area contributed by atoms with Gasteiger partial charge in [0.1, 0.15) is 0 Å². The fraction of sp³-hybridized carbons (Fsp3) is 0.500. The highest BCUT2D eigenvalue weighted by Crippen LogP contribution is 2.28. The first-order valence-electron chi connectivity index (χ1n) is 12.1. The first-order valence-corrected chi connectivity index (χ1v) is 13.5. The maximum Gasteiger partial charge on any atom is 0.243 e. The average Bonchev–Trinajstić information content (AvgIpc) is 2.81. The van der Waals surface area contributed by atoms with Crippen LogP contribution >= 0.6 is 0 Å². The Hall–Kier alpha value is -2.42. The van der Waals surface area contributed by atoms with Crippen LogP contribution < -0.4 is 10.2 Å². The van der Waals surface area contributed by atoms with Gasteiger partial charge in [-0.15, -0.1) is 0 Å². The number of amides is 1. The molecule has 184 valence electrons. The number of carbonyl (C=O) groups excluding carboxylic acids is 1. The Labute approximate surface area is 203 Å². The molecule has 0 saturated carbocycles. The van der Waals surface area contributed by atoms with Gasteiger partial charge in [0, 0.05) is 56.6 Å². The van der Waals surface area contributed by atoms with Crippen LogP contribution in [0.15, 0.2) is 41.3 Å². The third-order valence-electron chi connectivity index (χ3n) is 7.25. The minimum absolute atomic E-state index is 0.0324. The molecule has 2 aliphatic heterocycles. The highest BCUT2D eigenvalue weighted by atomic mass is 32.2. The second kappa shape index (κ2) is 10.1. The molecule has 34 heavy (non-hydrogen) atoms. The lowest BCUT2D eigenvalue weighted by molar-refractivity contribution is -0.120. The standard InChI is InChI=1S/C26H36N4O3S/c1-19-5-7-24(18-20(19)2)34(32,33)30-11-9-22(10-12-30)26(31)27-23-6-8-25(21(3)17-23)29-15-13-28(4)14-16-29/h5-8,17-18,22H,9-16H2,1-4H3,(H,27,31). The molecule has 8 heteroatoms. The molecular formula is C26H36N4O3S. The van der Waals surface area contributed by atoms with Gasteiger partial charge in [-0.05, 0) is 87.7 Å². The van der Waals surface area contributed by atoms with Crippen molar-refractivity contribution in [3.05, 3.63) is 53.1 Å². The molecule has 0 bridgehead atoms. The number of rotatable bonds is 5. The van der Waals surface area contributed by atoms with Crippen LogP contribution in [0.2, 0.25) is 0 Å². The van der Waals surface area contributed by atoms with Crippen LogP contribution in [0.3, 0.4) is 0 Å². The van der Waals surface area contributed by atoms with Crippen LogP contribution in [0.4, 0.5) is 11.4 Å². The summed E-state index contributed by atoms with van der Waals surface area (Å²) in [6, 6.07) is 11.3. The van der Waals surface area contributed by atoms with Crippen molar-refractivity contribution in [3.63, 3.8) is 0 Å². The summed E-state index contributed by atoms with van der Waals surface area (Å²) in [4.78, 5) is 18.0. The summed E-state index contributed by atoms with van der Waals surface area (Å²) in [7, 11) is -1.39. The van der Waals surface area contributed by atoms with Crippen molar-refractivity contribution in [3.8, 4) is 0 Å². The number of anilines is 2. The van der Waals surface area contributed by atoms with Gasteiger partial charge in [-0.2, -0.15) is 4.31 Å². The summed E-state index contributed by atoms with van der Waals surface area (Å²) < 4.78 is 27.6. The van der Waals surface area contributed by atoms with Gasteiger partial charge in [-0.3, -0.25) is 4.79 Å². The van der Waals surface area contributed by atoms with Crippen molar-refractivity contribution in [1.29, 1.82) is 0 Å². The summed E-state index contributed by atoms with van der Waals surface area (Å²) in [5.74, 6) is -0.223. The van der Waals surface area contributed by atoms with Crippen LogP contribution in [0.1, 0.15) is 29.5 Å². The zero-order valence-electron chi connectivity index (χ0n) is 20.7. The first-order chi connectivity index (χ1) is 16.1. The van der Waals surface area contributed by atoms with Crippen molar-refractivity contribution < 1.29 is 13.2 Å². The molecule has 7 nitrogen and oxygen atoms in total. The number of benzene rings is 2. The minimum Gasteiger partial charge on any atom is -0.369 e. The van der Waals surface area contributed by atoms with Crippen molar-refractivity contribution in [2.24, 2.45) is 5.92 Å². The molecule has 0 spiro atoms. The van der Waals surface area contributed by atoms with Crippen LogP contribution in [0.25, 0.3) is 0 Å². The molecule has 0 atom stereocenters. The number of likely N-dealkylation sites (N-methyl/N-ethyl adjacent to an activating group) is 1. The van der Waals surface area contributed by atoms with Gasteiger partial charge in [0.05, 0.1) is 4.90 Å². The molecule has 1 N–H and O–H groups in total. The molecule has 1 amide bonds. The Kier molecular flexibility index (Phi) is 7.31. The second-order valence-electron chi connectivity index (χ2n) is 9.71. The Morgan fingerprint density at radius 2 is 1.53 bits per heavy atom. The van der Waals surface area contributed by atoms with Gasteiger partial charge in [-0.25, -0.2) is 8.42 Å². The molecule has 2 saturated heterocycles. The van der Waals surface area contributed by atoms with Gasteiger partial charge in [0.15, 0.2) is 0 Å². The zero-order valence-corrected chi connectivity index (χ0v) is 21.5. The number of sulfonamides is 1. The lowest BCUT2D eigenvalue weighted by atomic mass is 9.97. The fourth-order valence-electron chi connectivity index (χ4n) is 4.76. The average molecular weight is 485 g/mol. The number of hydrogen-bond acceptors (Lipinski definition) is 5. The van der Waals surface area contributed by atoms with E-state index >= 15 is 0 Å². The molecule has 2 aliphatic rings. The molecular weight excluding hydrogens is 448 g/mol. The molecule has 0 unspecified atom stereocenters. The summed E-state index contributed by atoms with van der Waals surface area (Å²) in [5, 5.41) is 3.05. The third kappa shape index (κ3) is 5.29. The van der Waals surface area contributed by atoms with E-state index in [4.69, 9.17) is 0 Å². The number of piperazine rings is 1. The molecule has 0 aromatic heterocycles.